The van der Waals surface area contributed by atoms with E-state index in [2.05, 4.69) is 19.9 Å². The highest BCUT2D eigenvalue weighted by Gasteiger charge is 2.51. The zero-order valence-electron chi connectivity index (χ0n) is 8.80. The first kappa shape index (κ1) is 10.5. The standard InChI is InChI=1S/C11H19NO/c1-4-9(8-12)11(13)7-5-6-10(11,2)3/h9,13H,4-7H2,1-3H3. The van der Waals surface area contributed by atoms with Gasteiger partial charge < -0.3 is 5.11 Å². The third kappa shape index (κ3) is 1.46. The summed E-state index contributed by atoms with van der Waals surface area (Å²) in [4.78, 5) is 0. The molecule has 0 amide bonds. The van der Waals surface area contributed by atoms with Crippen molar-refractivity contribution in [3.05, 3.63) is 0 Å². The van der Waals surface area contributed by atoms with Crippen molar-refractivity contribution in [3.63, 3.8) is 0 Å². The molecular weight excluding hydrogens is 162 g/mol. The fraction of sp³-hybridized carbons (Fsp3) is 0.909. The Kier molecular flexibility index (Phi) is 2.68. The molecule has 0 radical (unpaired) electrons. The lowest BCUT2D eigenvalue weighted by Gasteiger charge is -2.39. The van der Waals surface area contributed by atoms with Crippen LogP contribution in [0.5, 0.6) is 0 Å². The van der Waals surface area contributed by atoms with Crippen molar-refractivity contribution in [2.75, 3.05) is 0 Å². The van der Waals surface area contributed by atoms with Crippen LogP contribution in [0.25, 0.3) is 0 Å². The number of hydrogen-bond donors (Lipinski definition) is 1. The van der Waals surface area contributed by atoms with E-state index in [0.717, 1.165) is 25.7 Å². The maximum atomic E-state index is 10.5. The number of hydrogen-bond acceptors (Lipinski definition) is 2. The van der Waals surface area contributed by atoms with Gasteiger partial charge in [0.2, 0.25) is 0 Å². The van der Waals surface area contributed by atoms with Gasteiger partial charge in [-0.1, -0.05) is 20.8 Å². The van der Waals surface area contributed by atoms with E-state index in [1.54, 1.807) is 0 Å². The van der Waals surface area contributed by atoms with Crippen LogP contribution in [0.1, 0.15) is 46.5 Å². The Hall–Kier alpha value is -0.550. The Morgan fingerprint density at radius 1 is 1.46 bits per heavy atom. The molecule has 2 heteroatoms. The van der Waals surface area contributed by atoms with Crippen molar-refractivity contribution in [3.8, 4) is 6.07 Å². The van der Waals surface area contributed by atoms with Gasteiger partial charge in [0.25, 0.3) is 0 Å². The summed E-state index contributed by atoms with van der Waals surface area (Å²) < 4.78 is 0. The van der Waals surface area contributed by atoms with Crippen LogP contribution in [0.15, 0.2) is 0 Å². The van der Waals surface area contributed by atoms with Crippen molar-refractivity contribution < 1.29 is 5.11 Å². The summed E-state index contributed by atoms with van der Waals surface area (Å²) in [5.74, 6) is -0.204. The summed E-state index contributed by atoms with van der Waals surface area (Å²) in [6.45, 7) is 6.11. The Morgan fingerprint density at radius 2 is 2.08 bits per heavy atom. The van der Waals surface area contributed by atoms with Gasteiger partial charge in [-0.15, -0.1) is 0 Å². The number of rotatable bonds is 2. The Labute approximate surface area is 80.6 Å². The molecule has 0 heterocycles. The molecule has 0 aromatic heterocycles. The van der Waals surface area contributed by atoms with Crippen molar-refractivity contribution in [1.29, 1.82) is 5.26 Å². The fourth-order valence-corrected chi connectivity index (χ4v) is 2.54. The molecule has 13 heavy (non-hydrogen) atoms. The third-order valence-corrected chi connectivity index (χ3v) is 3.67. The molecule has 1 aliphatic rings. The molecule has 74 valence electrons. The zero-order valence-corrected chi connectivity index (χ0v) is 8.80. The molecular formula is C11H19NO. The lowest BCUT2D eigenvalue weighted by molar-refractivity contribution is -0.0749. The van der Waals surface area contributed by atoms with Crippen LogP contribution in [0.4, 0.5) is 0 Å². The summed E-state index contributed by atoms with van der Waals surface area (Å²) in [6, 6.07) is 2.24. The molecule has 2 unspecified atom stereocenters. The maximum Gasteiger partial charge on any atom is 0.0855 e. The molecule has 0 spiro atoms. The summed E-state index contributed by atoms with van der Waals surface area (Å²) in [6.07, 6.45) is 3.60. The van der Waals surface area contributed by atoms with Crippen LogP contribution < -0.4 is 0 Å². The third-order valence-electron chi connectivity index (χ3n) is 3.67. The molecule has 1 saturated carbocycles. The highest BCUT2D eigenvalue weighted by atomic mass is 16.3. The second-order valence-electron chi connectivity index (χ2n) is 4.75. The Morgan fingerprint density at radius 3 is 2.38 bits per heavy atom. The summed E-state index contributed by atoms with van der Waals surface area (Å²) in [7, 11) is 0. The minimum atomic E-state index is -0.753. The van der Waals surface area contributed by atoms with Gasteiger partial charge in [-0.3, -0.25) is 0 Å². The van der Waals surface area contributed by atoms with Crippen molar-refractivity contribution in [1.82, 2.24) is 0 Å². The van der Waals surface area contributed by atoms with Crippen LogP contribution in [0, 0.1) is 22.7 Å². The average molecular weight is 181 g/mol. The minimum absolute atomic E-state index is 0.0938. The predicted octanol–water partition coefficient (Wildman–Crippen LogP) is 2.48. The molecule has 1 N–H and O–H groups in total. The lowest BCUT2D eigenvalue weighted by Crippen LogP contribution is -2.46. The van der Waals surface area contributed by atoms with Crippen LogP contribution in [0.2, 0.25) is 0 Å². The van der Waals surface area contributed by atoms with Gasteiger partial charge in [0.15, 0.2) is 0 Å². The first-order valence-corrected chi connectivity index (χ1v) is 5.10. The van der Waals surface area contributed by atoms with Gasteiger partial charge in [-0.05, 0) is 31.1 Å². The minimum Gasteiger partial charge on any atom is -0.388 e. The largest absolute Gasteiger partial charge is 0.388 e. The zero-order chi connectivity index (χ0) is 10.1. The second kappa shape index (κ2) is 3.31. The Balaban J connectivity index is 2.93. The van der Waals surface area contributed by atoms with E-state index in [1.807, 2.05) is 6.92 Å². The first-order chi connectivity index (χ1) is 5.98. The van der Waals surface area contributed by atoms with Crippen LogP contribution >= 0.6 is 0 Å². The molecule has 0 bridgehead atoms. The summed E-state index contributed by atoms with van der Waals surface area (Å²) in [5, 5.41) is 19.4. The average Bonchev–Trinajstić information content (AvgIpc) is 2.30. The molecule has 2 nitrogen and oxygen atoms in total. The number of aliphatic hydroxyl groups is 1. The van der Waals surface area contributed by atoms with E-state index in [4.69, 9.17) is 5.26 Å². The summed E-state index contributed by atoms with van der Waals surface area (Å²) >= 11 is 0. The van der Waals surface area contributed by atoms with E-state index in [9.17, 15) is 5.11 Å². The van der Waals surface area contributed by atoms with Gasteiger partial charge in [0, 0.05) is 0 Å². The second-order valence-corrected chi connectivity index (χ2v) is 4.75. The van der Waals surface area contributed by atoms with Crippen molar-refractivity contribution in [2.45, 2.75) is 52.1 Å². The molecule has 1 fully saturated rings. The normalized spacial score (nSPS) is 34.1. The number of nitriles is 1. The first-order valence-electron chi connectivity index (χ1n) is 5.10. The fourth-order valence-electron chi connectivity index (χ4n) is 2.54. The lowest BCUT2D eigenvalue weighted by atomic mass is 9.70. The van der Waals surface area contributed by atoms with Crippen LogP contribution in [0.3, 0.4) is 0 Å². The quantitative estimate of drug-likeness (QED) is 0.711. The molecule has 1 aliphatic carbocycles. The molecule has 0 saturated heterocycles. The highest BCUT2D eigenvalue weighted by Crippen LogP contribution is 2.50. The topological polar surface area (TPSA) is 44.0 Å². The van der Waals surface area contributed by atoms with Gasteiger partial charge in [-0.25, -0.2) is 0 Å². The monoisotopic (exact) mass is 181 g/mol. The van der Waals surface area contributed by atoms with Crippen LogP contribution in [-0.4, -0.2) is 10.7 Å². The Bertz CT molecular complexity index is 229. The van der Waals surface area contributed by atoms with Gasteiger partial charge in [0.1, 0.15) is 0 Å². The summed E-state index contributed by atoms with van der Waals surface area (Å²) in [5.41, 5.74) is -0.847. The van der Waals surface area contributed by atoms with E-state index in [1.165, 1.54) is 0 Å². The van der Waals surface area contributed by atoms with Crippen LogP contribution in [-0.2, 0) is 0 Å². The van der Waals surface area contributed by atoms with Gasteiger partial charge >= 0.3 is 0 Å². The number of nitrogens with zero attached hydrogens (tertiary/aromatic N) is 1. The highest BCUT2D eigenvalue weighted by molar-refractivity contribution is 5.08. The van der Waals surface area contributed by atoms with Crippen molar-refractivity contribution in [2.24, 2.45) is 11.3 Å². The molecule has 0 aromatic carbocycles. The van der Waals surface area contributed by atoms with Gasteiger partial charge in [-0.2, -0.15) is 5.26 Å². The molecule has 1 rings (SSSR count). The molecule has 2 atom stereocenters. The maximum absolute atomic E-state index is 10.5. The predicted molar refractivity (Wildman–Crippen MR) is 52.0 cm³/mol. The SMILES string of the molecule is CCC(C#N)C1(O)CCCC1(C)C. The van der Waals surface area contributed by atoms with E-state index in [-0.39, 0.29) is 11.3 Å². The van der Waals surface area contributed by atoms with E-state index >= 15 is 0 Å². The smallest absolute Gasteiger partial charge is 0.0855 e. The van der Waals surface area contributed by atoms with E-state index < -0.39 is 5.60 Å². The molecule has 0 aliphatic heterocycles. The van der Waals surface area contributed by atoms with Gasteiger partial charge in [0.05, 0.1) is 17.6 Å². The van der Waals surface area contributed by atoms with Crippen molar-refractivity contribution >= 4 is 0 Å². The molecule has 0 aromatic rings. The van der Waals surface area contributed by atoms with E-state index in [0.29, 0.717) is 0 Å².